The van der Waals surface area contributed by atoms with Crippen LogP contribution in [0.3, 0.4) is 0 Å². The van der Waals surface area contributed by atoms with Crippen molar-refractivity contribution in [3.8, 4) is 0 Å². The quantitative estimate of drug-likeness (QED) is 0.162. The third-order valence-electron chi connectivity index (χ3n) is 7.37. The molecule has 1 aromatic heterocycles. The van der Waals surface area contributed by atoms with Crippen molar-refractivity contribution in [2.75, 3.05) is 10.2 Å². The molecule has 3 heterocycles. The van der Waals surface area contributed by atoms with Crippen LogP contribution >= 0.6 is 39.0 Å². The number of rotatable bonds is 7. The third kappa shape index (κ3) is 5.72. The number of carbonyl (C=O) groups excluding carboxylic acids is 3. The van der Waals surface area contributed by atoms with Gasteiger partial charge in [-0.2, -0.15) is 0 Å². The number of amides is 3. The van der Waals surface area contributed by atoms with Crippen LogP contribution in [0.4, 0.5) is 17.1 Å². The minimum absolute atomic E-state index is 0.132. The smallest absolute Gasteiger partial charge is 0.308 e. The fourth-order valence-corrected chi connectivity index (χ4v) is 8.89. The van der Waals surface area contributed by atoms with Gasteiger partial charge in [-0.1, -0.05) is 51.2 Å². The van der Waals surface area contributed by atoms with E-state index < -0.39 is 61.2 Å². The van der Waals surface area contributed by atoms with Crippen molar-refractivity contribution >= 4 is 83.8 Å². The van der Waals surface area contributed by atoms with Crippen molar-refractivity contribution in [1.29, 1.82) is 0 Å². The lowest BCUT2D eigenvalue weighted by Crippen LogP contribution is -2.33. The molecule has 0 bridgehead atoms. The minimum atomic E-state index is -3.92. The number of aromatic nitrogens is 1. The number of hydrogen-bond donors (Lipinski definition) is 2. The van der Waals surface area contributed by atoms with Gasteiger partial charge in [0.05, 0.1) is 26.5 Å². The lowest BCUT2D eigenvalue weighted by molar-refractivity contribution is -0.384. The zero-order valence-electron chi connectivity index (χ0n) is 22.7. The highest BCUT2D eigenvalue weighted by molar-refractivity contribution is 9.10. The van der Waals surface area contributed by atoms with E-state index in [0.29, 0.717) is 15.5 Å². The Kier molecular flexibility index (Phi) is 7.98. The SMILES string of the molecule is NS(=O)(=O)c1ccc(NC(=O)Cn2c3c(sc2=O)C(c2ccc(Br)cc2)C2C(=O)N(c4ccc([N+](=O)[O-])cc4)C(=O)C2S3)cc1. The highest BCUT2D eigenvalue weighted by Crippen LogP contribution is 2.54. The average molecular weight is 731 g/mol. The Labute approximate surface area is 271 Å². The number of carbonyl (C=O) groups is 3. The number of sulfonamides is 1. The zero-order chi connectivity index (χ0) is 32.2. The summed E-state index contributed by atoms with van der Waals surface area (Å²) in [5.41, 5.74) is 0.963. The van der Waals surface area contributed by atoms with Gasteiger partial charge in [-0.05, 0) is 54.1 Å². The second kappa shape index (κ2) is 11.6. The summed E-state index contributed by atoms with van der Waals surface area (Å²) in [5.74, 6) is -3.19. The van der Waals surface area contributed by atoms with Gasteiger partial charge < -0.3 is 5.32 Å². The molecule has 3 unspecified atom stereocenters. The number of anilines is 2. The maximum atomic E-state index is 13.9. The number of nitrogens with one attached hydrogen (secondary N) is 1. The number of nitro benzene ring substituents is 1. The number of benzene rings is 3. The van der Waals surface area contributed by atoms with Crippen molar-refractivity contribution in [2.24, 2.45) is 11.1 Å². The first-order chi connectivity index (χ1) is 21.3. The van der Waals surface area contributed by atoms with Crippen LogP contribution in [-0.2, 0) is 31.0 Å². The highest BCUT2D eigenvalue weighted by Gasteiger charge is 2.56. The zero-order valence-corrected chi connectivity index (χ0v) is 26.7. The number of imide groups is 1. The standard InChI is InChI=1S/C28H20BrN5O8S3/c29-15-3-1-14(2-4-15)21-22-23(26(37)33(25(22)36)17-7-9-18(10-8-17)34(39)40)43-27-24(21)44-28(38)32(27)13-20(35)31-16-5-11-19(12-6-16)45(30,41)42/h1-12,21-23H,13H2,(H,31,35)(H2,30,41,42). The predicted octanol–water partition coefficient (Wildman–Crippen LogP) is 3.66. The average Bonchev–Trinajstić information content (AvgIpc) is 3.43. The minimum Gasteiger partial charge on any atom is -0.325 e. The van der Waals surface area contributed by atoms with Crippen molar-refractivity contribution in [1.82, 2.24) is 4.57 Å². The molecule has 3 amide bonds. The molecule has 1 saturated heterocycles. The van der Waals surface area contributed by atoms with E-state index in [0.717, 1.165) is 32.5 Å². The van der Waals surface area contributed by atoms with Crippen LogP contribution in [0.2, 0.25) is 0 Å². The summed E-state index contributed by atoms with van der Waals surface area (Å²) in [6.45, 7) is -0.409. The highest BCUT2D eigenvalue weighted by atomic mass is 79.9. The number of non-ortho nitro benzene ring substituents is 1. The van der Waals surface area contributed by atoms with Crippen molar-refractivity contribution in [2.45, 2.75) is 27.6 Å². The van der Waals surface area contributed by atoms with Gasteiger partial charge in [0.1, 0.15) is 11.8 Å². The van der Waals surface area contributed by atoms with Crippen molar-refractivity contribution in [3.05, 3.63) is 107 Å². The van der Waals surface area contributed by atoms with Crippen LogP contribution in [0.1, 0.15) is 16.4 Å². The Morgan fingerprint density at radius 2 is 1.62 bits per heavy atom. The molecule has 13 nitrogen and oxygen atoms in total. The molecule has 1 fully saturated rings. The second-order valence-corrected chi connectivity index (χ2v) is 14.7. The first-order valence-electron chi connectivity index (χ1n) is 13.0. The summed E-state index contributed by atoms with van der Waals surface area (Å²) < 4.78 is 25.1. The monoisotopic (exact) mass is 729 g/mol. The van der Waals surface area contributed by atoms with E-state index >= 15 is 0 Å². The molecule has 0 spiro atoms. The number of thioether (sulfide) groups is 1. The van der Waals surface area contributed by atoms with E-state index in [9.17, 15) is 37.7 Å². The molecule has 3 aromatic carbocycles. The molecule has 2 aliphatic rings. The molecule has 230 valence electrons. The van der Waals surface area contributed by atoms with E-state index in [1.165, 1.54) is 53.1 Å². The molecule has 0 radical (unpaired) electrons. The van der Waals surface area contributed by atoms with Gasteiger partial charge in [0.2, 0.25) is 27.7 Å². The van der Waals surface area contributed by atoms with Crippen LogP contribution < -0.4 is 20.2 Å². The van der Waals surface area contributed by atoms with Gasteiger partial charge in [0, 0.05) is 33.1 Å². The van der Waals surface area contributed by atoms with Gasteiger partial charge in [0.15, 0.2) is 0 Å². The third-order valence-corrected chi connectivity index (χ3v) is 11.4. The summed E-state index contributed by atoms with van der Waals surface area (Å²) >= 11 is 5.33. The Hall–Kier alpha value is -4.16. The molecular weight excluding hydrogens is 710 g/mol. The number of halogens is 1. The molecule has 3 N–H and O–H groups in total. The lowest BCUT2D eigenvalue weighted by Gasteiger charge is -2.30. The first kappa shape index (κ1) is 30.8. The molecule has 2 aliphatic heterocycles. The number of primary sulfonamides is 1. The molecule has 4 aromatic rings. The van der Waals surface area contributed by atoms with Crippen molar-refractivity contribution in [3.63, 3.8) is 0 Å². The Bertz CT molecular complexity index is 2050. The second-order valence-electron chi connectivity index (χ2n) is 10.1. The van der Waals surface area contributed by atoms with E-state index in [4.69, 9.17) is 5.14 Å². The summed E-state index contributed by atoms with van der Waals surface area (Å²) in [5, 5.41) is 18.3. The number of nitrogens with zero attached hydrogens (tertiary/aromatic N) is 3. The largest absolute Gasteiger partial charge is 0.325 e. The number of hydrogen-bond acceptors (Lipinski definition) is 10. The number of nitro groups is 1. The van der Waals surface area contributed by atoms with Gasteiger partial charge >= 0.3 is 4.87 Å². The Morgan fingerprint density at radius 3 is 2.22 bits per heavy atom. The van der Waals surface area contributed by atoms with E-state index in [-0.39, 0.29) is 22.0 Å². The molecule has 6 rings (SSSR count). The summed E-state index contributed by atoms with van der Waals surface area (Å²) in [6.07, 6.45) is 0. The summed E-state index contributed by atoms with van der Waals surface area (Å²) in [6, 6.07) is 17.5. The number of thiazole rings is 1. The molecule has 17 heteroatoms. The molecule has 0 aliphatic carbocycles. The lowest BCUT2D eigenvalue weighted by atomic mass is 9.83. The fourth-order valence-electron chi connectivity index (χ4n) is 5.33. The van der Waals surface area contributed by atoms with Gasteiger partial charge in [-0.3, -0.25) is 33.9 Å². The van der Waals surface area contributed by atoms with Crippen LogP contribution in [0.15, 0.2) is 92.0 Å². The van der Waals surface area contributed by atoms with E-state index in [1.54, 1.807) is 24.3 Å². The molecular formula is C28H20BrN5O8S3. The molecule has 45 heavy (non-hydrogen) atoms. The summed E-state index contributed by atoms with van der Waals surface area (Å²) in [7, 11) is -3.92. The normalized spacial score (nSPS) is 19.2. The number of fused-ring (bicyclic) bond motifs is 2. The molecule has 0 saturated carbocycles. The maximum absolute atomic E-state index is 13.9. The van der Waals surface area contributed by atoms with Gasteiger partial charge in [-0.25, -0.2) is 18.5 Å². The Balaban J connectivity index is 1.36. The van der Waals surface area contributed by atoms with Crippen LogP contribution in [0.25, 0.3) is 0 Å². The fraction of sp³-hybridized carbons (Fsp3) is 0.143. The van der Waals surface area contributed by atoms with Crippen LogP contribution in [0.5, 0.6) is 0 Å². The van der Waals surface area contributed by atoms with Crippen molar-refractivity contribution < 1.29 is 27.7 Å². The maximum Gasteiger partial charge on any atom is 0.308 e. The van der Waals surface area contributed by atoms with Gasteiger partial charge in [0.25, 0.3) is 5.69 Å². The number of nitrogens with two attached hydrogens (primary N) is 1. The van der Waals surface area contributed by atoms with Gasteiger partial charge in [-0.15, -0.1) is 0 Å². The topological polar surface area (TPSA) is 192 Å². The van der Waals surface area contributed by atoms with Crippen LogP contribution in [0, 0.1) is 16.0 Å². The van der Waals surface area contributed by atoms with Crippen LogP contribution in [-0.4, -0.2) is 40.9 Å². The van der Waals surface area contributed by atoms with E-state index in [2.05, 4.69) is 21.2 Å². The summed E-state index contributed by atoms with van der Waals surface area (Å²) in [4.78, 5) is 65.6. The molecule has 3 atom stereocenters. The first-order valence-corrected chi connectivity index (χ1v) is 17.1. The van der Waals surface area contributed by atoms with E-state index in [1.807, 2.05) is 0 Å². The predicted molar refractivity (Wildman–Crippen MR) is 170 cm³/mol. The Morgan fingerprint density at radius 1 is 0.978 bits per heavy atom.